The van der Waals surface area contributed by atoms with E-state index in [1.54, 1.807) is 18.3 Å². The van der Waals surface area contributed by atoms with Crippen LogP contribution in [0.3, 0.4) is 0 Å². The molecule has 0 aromatic carbocycles. The zero-order valence-corrected chi connectivity index (χ0v) is 11.1. The Morgan fingerprint density at radius 3 is 2.82 bits per heavy atom. The summed E-state index contributed by atoms with van der Waals surface area (Å²) in [6.07, 6.45) is 1.80. The highest BCUT2D eigenvalue weighted by atomic mass is 35.5. The molecule has 5 heteroatoms. The summed E-state index contributed by atoms with van der Waals surface area (Å²) in [6.45, 7) is 4.61. The van der Waals surface area contributed by atoms with Gasteiger partial charge in [-0.25, -0.2) is 10.0 Å². The first-order valence-electron chi connectivity index (χ1n) is 5.48. The van der Waals surface area contributed by atoms with E-state index in [1.165, 1.54) is 12.2 Å². The van der Waals surface area contributed by atoms with E-state index in [0.717, 1.165) is 0 Å². The molecule has 94 valence electrons. The number of carbonyl (C=O) groups is 1. The van der Waals surface area contributed by atoms with E-state index in [1.807, 2.05) is 13.8 Å². The van der Waals surface area contributed by atoms with E-state index in [-0.39, 0.29) is 12.3 Å². The van der Waals surface area contributed by atoms with Crippen molar-refractivity contribution in [1.29, 1.82) is 0 Å². The SMILES string of the molecule is CON(CC(C)C)C(=O)Cc1cccnc1Cl. The second kappa shape index (κ2) is 6.57. The summed E-state index contributed by atoms with van der Waals surface area (Å²) in [5.74, 6) is 0.236. The molecule has 0 bridgehead atoms. The van der Waals surface area contributed by atoms with E-state index in [4.69, 9.17) is 16.4 Å². The second-order valence-electron chi connectivity index (χ2n) is 4.16. The topological polar surface area (TPSA) is 42.4 Å². The van der Waals surface area contributed by atoms with Gasteiger partial charge < -0.3 is 0 Å². The molecule has 0 radical (unpaired) electrons. The van der Waals surface area contributed by atoms with E-state index in [0.29, 0.717) is 23.2 Å². The zero-order valence-electron chi connectivity index (χ0n) is 10.3. The number of hydrogen-bond acceptors (Lipinski definition) is 3. The molecule has 0 saturated carbocycles. The molecule has 1 aromatic heterocycles. The first-order valence-corrected chi connectivity index (χ1v) is 5.86. The number of hydroxylamine groups is 2. The third-order valence-electron chi connectivity index (χ3n) is 2.21. The molecule has 17 heavy (non-hydrogen) atoms. The van der Waals surface area contributed by atoms with Gasteiger partial charge in [-0.3, -0.25) is 9.63 Å². The molecule has 1 aromatic rings. The van der Waals surface area contributed by atoms with E-state index < -0.39 is 0 Å². The number of amides is 1. The van der Waals surface area contributed by atoms with Crippen LogP contribution in [0.15, 0.2) is 18.3 Å². The smallest absolute Gasteiger partial charge is 0.250 e. The highest BCUT2D eigenvalue weighted by Crippen LogP contribution is 2.13. The van der Waals surface area contributed by atoms with Crippen LogP contribution >= 0.6 is 11.6 Å². The fraction of sp³-hybridized carbons (Fsp3) is 0.500. The van der Waals surface area contributed by atoms with Crippen molar-refractivity contribution in [1.82, 2.24) is 10.0 Å². The molecular weight excluding hydrogens is 240 g/mol. The van der Waals surface area contributed by atoms with Crippen LogP contribution in [0.5, 0.6) is 0 Å². The van der Waals surface area contributed by atoms with E-state index in [9.17, 15) is 4.79 Å². The number of aromatic nitrogens is 1. The minimum Gasteiger partial charge on any atom is -0.274 e. The van der Waals surface area contributed by atoms with Crippen LogP contribution in [-0.2, 0) is 16.1 Å². The lowest BCUT2D eigenvalue weighted by molar-refractivity contribution is -0.177. The molecule has 0 unspecified atom stereocenters. The lowest BCUT2D eigenvalue weighted by atomic mass is 10.2. The first-order chi connectivity index (χ1) is 8.04. The molecule has 0 aliphatic rings. The Morgan fingerprint density at radius 2 is 2.29 bits per heavy atom. The summed E-state index contributed by atoms with van der Waals surface area (Å²) in [7, 11) is 1.49. The lowest BCUT2D eigenvalue weighted by Gasteiger charge is -2.21. The quantitative estimate of drug-likeness (QED) is 0.600. The van der Waals surface area contributed by atoms with Gasteiger partial charge in [-0.05, 0) is 17.5 Å². The Kier molecular flexibility index (Phi) is 5.38. The Hall–Kier alpha value is -1.13. The van der Waals surface area contributed by atoms with Gasteiger partial charge in [-0.1, -0.05) is 31.5 Å². The van der Waals surface area contributed by atoms with Crippen molar-refractivity contribution in [2.24, 2.45) is 5.92 Å². The minimum absolute atomic E-state index is 0.115. The highest BCUT2D eigenvalue weighted by molar-refractivity contribution is 6.30. The summed E-state index contributed by atoms with van der Waals surface area (Å²) in [4.78, 5) is 20.9. The van der Waals surface area contributed by atoms with Crippen LogP contribution in [0, 0.1) is 5.92 Å². The van der Waals surface area contributed by atoms with Gasteiger partial charge >= 0.3 is 0 Å². The molecule has 4 nitrogen and oxygen atoms in total. The van der Waals surface area contributed by atoms with Crippen molar-refractivity contribution in [3.63, 3.8) is 0 Å². The molecule has 1 amide bonds. The molecule has 0 spiro atoms. The summed E-state index contributed by atoms with van der Waals surface area (Å²) in [5, 5.41) is 1.72. The molecule has 0 aliphatic carbocycles. The molecular formula is C12H17ClN2O2. The van der Waals surface area contributed by atoms with Gasteiger partial charge in [0.15, 0.2) is 0 Å². The van der Waals surface area contributed by atoms with Crippen molar-refractivity contribution in [2.75, 3.05) is 13.7 Å². The maximum atomic E-state index is 11.9. The molecule has 0 aliphatic heterocycles. The van der Waals surface area contributed by atoms with Crippen LogP contribution in [0.25, 0.3) is 0 Å². The van der Waals surface area contributed by atoms with Gasteiger partial charge in [0.05, 0.1) is 20.1 Å². The second-order valence-corrected chi connectivity index (χ2v) is 4.52. The molecule has 1 rings (SSSR count). The predicted octanol–water partition coefficient (Wildman–Crippen LogP) is 2.32. The van der Waals surface area contributed by atoms with Gasteiger partial charge in [-0.15, -0.1) is 0 Å². The fourth-order valence-electron chi connectivity index (χ4n) is 1.41. The molecule has 0 saturated heterocycles. The maximum Gasteiger partial charge on any atom is 0.250 e. The molecule has 0 atom stereocenters. The Bertz CT molecular complexity index is 383. The van der Waals surface area contributed by atoms with Crippen molar-refractivity contribution < 1.29 is 9.63 Å². The van der Waals surface area contributed by atoms with Crippen molar-refractivity contribution in [2.45, 2.75) is 20.3 Å². The largest absolute Gasteiger partial charge is 0.274 e. The molecule has 1 heterocycles. The van der Waals surface area contributed by atoms with Gasteiger partial charge in [0.1, 0.15) is 5.15 Å². The van der Waals surface area contributed by atoms with Crippen LogP contribution in [0.1, 0.15) is 19.4 Å². The summed E-state index contributed by atoms with van der Waals surface area (Å²) in [5.41, 5.74) is 0.713. The predicted molar refractivity (Wildman–Crippen MR) is 66.5 cm³/mol. The number of carbonyl (C=O) groups excluding carboxylic acids is 1. The zero-order chi connectivity index (χ0) is 12.8. The summed E-state index contributed by atoms with van der Waals surface area (Å²) >= 11 is 5.90. The van der Waals surface area contributed by atoms with Crippen LogP contribution in [0.2, 0.25) is 5.15 Å². The van der Waals surface area contributed by atoms with Crippen LogP contribution < -0.4 is 0 Å². The maximum absolute atomic E-state index is 11.9. The van der Waals surface area contributed by atoms with Crippen molar-refractivity contribution in [3.05, 3.63) is 29.0 Å². The standard InChI is InChI=1S/C12H17ClN2O2/c1-9(2)8-15(17-3)11(16)7-10-5-4-6-14-12(10)13/h4-6,9H,7-8H2,1-3H3. The van der Waals surface area contributed by atoms with Crippen LogP contribution in [0.4, 0.5) is 0 Å². The molecule has 0 N–H and O–H groups in total. The number of nitrogens with zero attached hydrogens (tertiary/aromatic N) is 2. The fourth-order valence-corrected chi connectivity index (χ4v) is 1.60. The van der Waals surface area contributed by atoms with Gasteiger partial charge in [-0.2, -0.15) is 0 Å². The third-order valence-corrected chi connectivity index (χ3v) is 2.55. The number of halogens is 1. The number of pyridine rings is 1. The first kappa shape index (κ1) is 13.9. The Balaban J connectivity index is 2.67. The Morgan fingerprint density at radius 1 is 1.59 bits per heavy atom. The summed E-state index contributed by atoms with van der Waals surface area (Å²) < 4.78 is 0. The third kappa shape index (κ3) is 4.32. The average Bonchev–Trinajstić information content (AvgIpc) is 2.28. The monoisotopic (exact) mass is 256 g/mol. The Labute approximate surface area is 106 Å². The van der Waals surface area contributed by atoms with Gasteiger partial charge in [0, 0.05) is 6.20 Å². The van der Waals surface area contributed by atoms with E-state index in [2.05, 4.69) is 4.98 Å². The highest BCUT2D eigenvalue weighted by Gasteiger charge is 2.16. The minimum atomic E-state index is -0.115. The summed E-state index contributed by atoms with van der Waals surface area (Å²) in [6, 6.07) is 3.55. The van der Waals surface area contributed by atoms with E-state index >= 15 is 0 Å². The van der Waals surface area contributed by atoms with Crippen LogP contribution in [-0.4, -0.2) is 29.6 Å². The average molecular weight is 257 g/mol. The lowest BCUT2D eigenvalue weighted by Crippen LogP contribution is -2.34. The molecule has 0 fully saturated rings. The van der Waals surface area contributed by atoms with Gasteiger partial charge in [0.25, 0.3) is 5.91 Å². The normalized spacial score (nSPS) is 10.6. The van der Waals surface area contributed by atoms with Gasteiger partial charge in [0.2, 0.25) is 0 Å². The van der Waals surface area contributed by atoms with Crippen molar-refractivity contribution >= 4 is 17.5 Å². The number of hydrogen-bond donors (Lipinski definition) is 0. The number of rotatable bonds is 5. The van der Waals surface area contributed by atoms with Crippen molar-refractivity contribution in [3.8, 4) is 0 Å².